The lowest BCUT2D eigenvalue weighted by atomic mass is 10.2. The van der Waals surface area contributed by atoms with Crippen molar-refractivity contribution in [2.75, 3.05) is 23.8 Å². The standard InChI is InChI=1S/C17H19N3O6S/c1-3-26-17(22)19-14-10-13(8-9-15(14)25-2)27(23,24)20-12-6-4-11(5-7-12)16(18)21/h4-10,20H,3H2,1-2H3,(H2,18,21)(H,19,22). The normalized spacial score (nSPS) is 10.7. The fourth-order valence-electron chi connectivity index (χ4n) is 2.15. The molecule has 9 nitrogen and oxygen atoms in total. The summed E-state index contributed by atoms with van der Waals surface area (Å²) in [4.78, 5) is 22.6. The molecule has 0 spiro atoms. The third-order valence-electron chi connectivity index (χ3n) is 3.42. The maximum Gasteiger partial charge on any atom is 0.411 e. The monoisotopic (exact) mass is 393 g/mol. The Hall–Kier alpha value is -3.27. The number of carbonyl (C=O) groups is 2. The molecule has 0 aliphatic carbocycles. The summed E-state index contributed by atoms with van der Waals surface area (Å²) in [5.41, 5.74) is 5.79. The summed E-state index contributed by atoms with van der Waals surface area (Å²) in [6, 6.07) is 9.62. The van der Waals surface area contributed by atoms with Crippen molar-refractivity contribution in [3.63, 3.8) is 0 Å². The summed E-state index contributed by atoms with van der Waals surface area (Å²) in [6.07, 6.45) is -0.736. The molecule has 0 aliphatic heterocycles. The molecule has 0 bridgehead atoms. The molecule has 0 unspecified atom stereocenters. The number of anilines is 2. The van der Waals surface area contributed by atoms with E-state index >= 15 is 0 Å². The highest BCUT2D eigenvalue weighted by Crippen LogP contribution is 2.28. The lowest BCUT2D eigenvalue weighted by molar-refractivity contribution is 0.1000. The van der Waals surface area contributed by atoms with Crippen LogP contribution in [0.1, 0.15) is 17.3 Å². The predicted molar refractivity (Wildman–Crippen MR) is 99.4 cm³/mol. The average molecular weight is 393 g/mol. The summed E-state index contributed by atoms with van der Waals surface area (Å²) < 4.78 is 37.5. The SMILES string of the molecule is CCOC(=O)Nc1cc(S(=O)(=O)Nc2ccc(C(N)=O)cc2)ccc1OC. The van der Waals surface area contributed by atoms with E-state index in [1.807, 2.05) is 0 Å². The molecule has 2 aromatic carbocycles. The Kier molecular flexibility index (Phi) is 6.24. The van der Waals surface area contributed by atoms with E-state index in [4.69, 9.17) is 15.2 Å². The Labute approximate surface area is 156 Å². The van der Waals surface area contributed by atoms with Gasteiger partial charge in [0.1, 0.15) is 5.75 Å². The number of benzene rings is 2. The van der Waals surface area contributed by atoms with E-state index in [2.05, 4.69) is 10.0 Å². The molecule has 2 aromatic rings. The molecule has 144 valence electrons. The number of primary amides is 1. The van der Waals surface area contributed by atoms with Gasteiger partial charge in [0.05, 0.1) is 24.3 Å². The number of rotatable bonds is 7. The van der Waals surface area contributed by atoms with Gasteiger partial charge in [-0.2, -0.15) is 0 Å². The maximum atomic E-state index is 12.6. The second kappa shape index (κ2) is 8.41. The van der Waals surface area contributed by atoms with Gasteiger partial charge in [0.25, 0.3) is 10.0 Å². The number of nitrogens with one attached hydrogen (secondary N) is 2. The number of sulfonamides is 1. The van der Waals surface area contributed by atoms with Crippen LogP contribution in [0.25, 0.3) is 0 Å². The van der Waals surface area contributed by atoms with Crippen molar-refractivity contribution in [1.29, 1.82) is 0 Å². The first-order valence-electron chi connectivity index (χ1n) is 7.81. The molecule has 0 atom stereocenters. The van der Waals surface area contributed by atoms with Gasteiger partial charge in [0.2, 0.25) is 5.91 Å². The summed E-state index contributed by atoms with van der Waals surface area (Å²) in [5, 5.41) is 2.43. The summed E-state index contributed by atoms with van der Waals surface area (Å²) in [6.45, 7) is 1.81. The Bertz CT molecular complexity index is 942. The van der Waals surface area contributed by atoms with Crippen LogP contribution in [0.5, 0.6) is 5.75 Å². The predicted octanol–water partition coefficient (Wildman–Crippen LogP) is 2.16. The quantitative estimate of drug-likeness (QED) is 0.659. The van der Waals surface area contributed by atoms with Crippen LogP contribution >= 0.6 is 0 Å². The van der Waals surface area contributed by atoms with Crippen molar-refractivity contribution in [3.05, 3.63) is 48.0 Å². The fraction of sp³-hybridized carbons (Fsp3) is 0.176. The zero-order chi connectivity index (χ0) is 20.0. The molecule has 10 heteroatoms. The van der Waals surface area contributed by atoms with E-state index in [9.17, 15) is 18.0 Å². The van der Waals surface area contributed by atoms with Gasteiger partial charge in [0.15, 0.2) is 0 Å². The minimum Gasteiger partial charge on any atom is -0.495 e. The first-order chi connectivity index (χ1) is 12.8. The van der Waals surface area contributed by atoms with Crippen LogP contribution < -0.4 is 20.5 Å². The summed E-state index contributed by atoms with van der Waals surface area (Å²) in [7, 11) is -2.57. The largest absolute Gasteiger partial charge is 0.495 e. The number of nitrogens with two attached hydrogens (primary N) is 1. The van der Waals surface area contributed by atoms with E-state index in [0.29, 0.717) is 0 Å². The molecule has 2 rings (SSSR count). The molecule has 0 aliphatic rings. The van der Waals surface area contributed by atoms with Crippen LogP contribution in [0.2, 0.25) is 0 Å². The minimum absolute atomic E-state index is 0.103. The Morgan fingerprint density at radius 2 is 1.78 bits per heavy atom. The van der Waals surface area contributed by atoms with Crippen molar-refractivity contribution in [2.45, 2.75) is 11.8 Å². The number of amides is 2. The smallest absolute Gasteiger partial charge is 0.411 e. The first kappa shape index (κ1) is 20.0. The van der Waals surface area contributed by atoms with Crippen LogP contribution in [-0.2, 0) is 14.8 Å². The molecule has 0 fully saturated rings. The Morgan fingerprint density at radius 3 is 2.33 bits per heavy atom. The molecule has 0 aromatic heterocycles. The van der Waals surface area contributed by atoms with Gasteiger partial charge in [-0.3, -0.25) is 14.8 Å². The van der Waals surface area contributed by atoms with Crippen LogP contribution in [0.15, 0.2) is 47.4 Å². The summed E-state index contributed by atoms with van der Waals surface area (Å²) >= 11 is 0. The Balaban J connectivity index is 2.29. The van der Waals surface area contributed by atoms with Gasteiger partial charge in [-0.05, 0) is 49.4 Å². The van der Waals surface area contributed by atoms with Crippen LogP contribution in [-0.4, -0.2) is 34.1 Å². The van der Waals surface area contributed by atoms with Gasteiger partial charge in [-0.1, -0.05) is 0 Å². The molecule has 0 heterocycles. The number of methoxy groups -OCH3 is 1. The lowest BCUT2D eigenvalue weighted by Gasteiger charge is -2.13. The first-order valence-corrected chi connectivity index (χ1v) is 9.29. The van der Waals surface area contributed by atoms with Gasteiger partial charge in [0, 0.05) is 11.3 Å². The molecule has 0 radical (unpaired) electrons. The topological polar surface area (TPSA) is 137 Å². The van der Waals surface area contributed by atoms with E-state index in [0.717, 1.165) is 0 Å². The highest BCUT2D eigenvalue weighted by Gasteiger charge is 2.18. The maximum absolute atomic E-state index is 12.6. The number of hydrogen-bond acceptors (Lipinski definition) is 6. The summed E-state index contributed by atoms with van der Waals surface area (Å²) in [5.74, 6) is -0.345. The van der Waals surface area contributed by atoms with Crippen molar-refractivity contribution in [3.8, 4) is 5.75 Å². The second-order valence-electron chi connectivity index (χ2n) is 5.25. The van der Waals surface area contributed by atoms with Crippen LogP contribution in [0, 0.1) is 0 Å². The van der Waals surface area contributed by atoms with Gasteiger partial charge in [-0.15, -0.1) is 0 Å². The van der Waals surface area contributed by atoms with Gasteiger partial charge in [-0.25, -0.2) is 13.2 Å². The number of ether oxygens (including phenoxy) is 2. The van der Waals surface area contributed by atoms with Crippen molar-refractivity contribution in [1.82, 2.24) is 0 Å². The van der Waals surface area contributed by atoms with E-state index < -0.39 is 22.0 Å². The average Bonchev–Trinajstić information content (AvgIpc) is 2.62. The van der Waals surface area contributed by atoms with Crippen LogP contribution in [0.4, 0.5) is 16.2 Å². The fourth-order valence-corrected chi connectivity index (χ4v) is 3.23. The Morgan fingerprint density at radius 1 is 1.11 bits per heavy atom. The third-order valence-corrected chi connectivity index (χ3v) is 4.79. The van der Waals surface area contributed by atoms with Crippen LogP contribution in [0.3, 0.4) is 0 Å². The molecule has 2 amide bonds. The van der Waals surface area contributed by atoms with Gasteiger partial charge < -0.3 is 15.2 Å². The molecule has 0 saturated carbocycles. The highest BCUT2D eigenvalue weighted by atomic mass is 32.2. The molecule has 4 N–H and O–H groups in total. The van der Waals surface area contributed by atoms with E-state index in [1.165, 1.54) is 49.6 Å². The van der Waals surface area contributed by atoms with E-state index in [1.54, 1.807) is 6.92 Å². The molecule has 27 heavy (non-hydrogen) atoms. The molecular formula is C17H19N3O6S. The van der Waals surface area contributed by atoms with Crippen molar-refractivity contribution in [2.24, 2.45) is 5.73 Å². The zero-order valence-corrected chi connectivity index (χ0v) is 15.5. The third kappa shape index (κ3) is 5.11. The van der Waals surface area contributed by atoms with Crippen molar-refractivity contribution < 1.29 is 27.5 Å². The second-order valence-corrected chi connectivity index (χ2v) is 6.94. The van der Waals surface area contributed by atoms with Crippen molar-refractivity contribution >= 4 is 33.4 Å². The van der Waals surface area contributed by atoms with E-state index in [-0.39, 0.29) is 34.2 Å². The molecule has 0 saturated heterocycles. The van der Waals surface area contributed by atoms with Gasteiger partial charge >= 0.3 is 6.09 Å². The molecular weight excluding hydrogens is 374 g/mol. The minimum atomic E-state index is -3.96. The number of hydrogen-bond donors (Lipinski definition) is 3. The highest BCUT2D eigenvalue weighted by molar-refractivity contribution is 7.92. The lowest BCUT2D eigenvalue weighted by Crippen LogP contribution is -2.16. The zero-order valence-electron chi connectivity index (χ0n) is 14.7. The number of carbonyl (C=O) groups excluding carboxylic acids is 2.